The van der Waals surface area contributed by atoms with E-state index < -0.39 is 11.9 Å². The van der Waals surface area contributed by atoms with Gasteiger partial charge in [-0.05, 0) is 45.8 Å². The molecule has 0 aromatic heterocycles. The molecule has 0 amide bonds. The molecule has 2 N–H and O–H groups in total. The SMILES string of the molecule is NC(c1cc(Cl)c(Br)cc1F)c1ccc(Br)cc1Br. The molecule has 0 aliphatic heterocycles. The molecule has 0 fully saturated rings. The average molecular weight is 472 g/mol. The van der Waals surface area contributed by atoms with Crippen molar-refractivity contribution in [3.05, 3.63) is 65.7 Å². The number of halogens is 5. The van der Waals surface area contributed by atoms with Gasteiger partial charge in [0.25, 0.3) is 0 Å². The summed E-state index contributed by atoms with van der Waals surface area (Å²) in [5.74, 6) is -0.390. The molecule has 0 aliphatic rings. The van der Waals surface area contributed by atoms with Gasteiger partial charge in [0.05, 0.1) is 11.1 Å². The Hall–Kier alpha value is 0.0600. The highest BCUT2D eigenvalue weighted by molar-refractivity contribution is 9.11. The molecule has 6 heteroatoms. The zero-order chi connectivity index (χ0) is 14.2. The Morgan fingerprint density at radius 2 is 1.68 bits per heavy atom. The van der Waals surface area contributed by atoms with Gasteiger partial charge in [-0.15, -0.1) is 0 Å². The molecule has 0 heterocycles. The van der Waals surface area contributed by atoms with Crippen molar-refractivity contribution in [2.45, 2.75) is 6.04 Å². The van der Waals surface area contributed by atoms with Crippen LogP contribution in [-0.2, 0) is 0 Å². The second-order valence-electron chi connectivity index (χ2n) is 3.93. The summed E-state index contributed by atoms with van der Waals surface area (Å²) in [4.78, 5) is 0. The predicted octanol–water partition coefficient (Wildman–Crippen LogP) is 5.81. The fourth-order valence-electron chi connectivity index (χ4n) is 1.70. The zero-order valence-corrected chi connectivity index (χ0v) is 14.9. The van der Waals surface area contributed by atoms with Crippen molar-refractivity contribution < 1.29 is 4.39 Å². The topological polar surface area (TPSA) is 26.0 Å². The monoisotopic (exact) mass is 469 g/mol. The Morgan fingerprint density at radius 1 is 1.00 bits per heavy atom. The zero-order valence-electron chi connectivity index (χ0n) is 9.43. The van der Waals surface area contributed by atoms with Crippen LogP contribution in [-0.4, -0.2) is 0 Å². The van der Waals surface area contributed by atoms with Gasteiger partial charge < -0.3 is 5.73 Å². The normalized spacial score (nSPS) is 12.5. The van der Waals surface area contributed by atoms with Crippen molar-refractivity contribution in [2.24, 2.45) is 5.73 Å². The summed E-state index contributed by atoms with van der Waals surface area (Å²) < 4.78 is 16.2. The second-order valence-corrected chi connectivity index (χ2v) is 6.96. The van der Waals surface area contributed by atoms with Crippen molar-refractivity contribution >= 4 is 59.4 Å². The number of hydrogen-bond acceptors (Lipinski definition) is 1. The van der Waals surface area contributed by atoms with E-state index in [0.717, 1.165) is 14.5 Å². The van der Waals surface area contributed by atoms with E-state index in [0.29, 0.717) is 15.1 Å². The third-order valence-corrected chi connectivity index (χ3v) is 5.05. The Labute approximate surface area is 140 Å². The van der Waals surface area contributed by atoms with Crippen LogP contribution in [0.15, 0.2) is 43.7 Å². The van der Waals surface area contributed by atoms with Crippen molar-refractivity contribution in [3.8, 4) is 0 Å². The molecule has 0 bridgehead atoms. The first-order valence-electron chi connectivity index (χ1n) is 5.25. The maximum Gasteiger partial charge on any atom is 0.129 e. The molecule has 1 unspecified atom stereocenters. The molecule has 2 rings (SSSR count). The Morgan fingerprint density at radius 3 is 2.32 bits per heavy atom. The summed E-state index contributed by atoms with van der Waals surface area (Å²) >= 11 is 16.0. The van der Waals surface area contributed by atoms with E-state index in [9.17, 15) is 4.39 Å². The van der Waals surface area contributed by atoms with Gasteiger partial charge in [-0.1, -0.05) is 49.5 Å². The summed E-state index contributed by atoms with van der Waals surface area (Å²) in [6.07, 6.45) is 0. The summed E-state index contributed by atoms with van der Waals surface area (Å²) in [6, 6.07) is 7.85. The van der Waals surface area contributed by atoms with Crippen molar-refractivity contribution in [3.63, 3.8) is 0 Å². The van der Waals surface area contributed by atoms with E-state index in [1.807, 2.05) is 18.2 Å². The number of benzene rings is 2. The lowest BCUT2D eigenvalue weighted by Gasteiger charge is -2.16. The van der Waals surface area contributed by atoms with Crippen molar-refractivity contribution in [2.75, 3.05) is 0 Å². The molecule has 0 saturated carbocycles. The van der Waals surface area contributed by atoms with E-state index in [2.05, 4.69) is 47.8 Å². The largest absolute Gasteiger partial charge is 0.320 e. The minimum Gasteiger partial charge on any atom is -0.320 e. The molecule has 2 aromatic rings. The lowest BCUT2D eigenvalue weighted by molar-refractivity contribution is 0.598. The van der Waals surface area contributed by atoms with E-state index >= 15 is 0 Å². The average Bonchev–Trinajstić information content (AvgIpc) is 2.33. The van der Waals surface area contributed by atoms with Crippen molar-refractivity contribution in [1.29, 1.82) is 0 Å². The van der Waals surface area contributed by atoms with Gasteiger partial charge in [0.15, 0.2) is 0 Å². The van der Waals surface area contributed by atoms with Gasteiger partial charge >= 0.3 is 0 Å². The van der Waals surface area contributed by atoms with Crippen molar-refractivity contribution in [1.82, 2.24) is 0 Å². The first kappa shape index (κ1) is 15.4. The van der Waals surface area contributed by atoms with E-state index in [4.69, 9.17) is 17.3 Å². The smallest absolute Gasteiger partial charge is 0.129 e. The van der Waals surface area contributed by atoms with Gasteiger partial charge in [-0.3, -0.25) is 0 Å². The standard InChI is InChI=1S/C13H8Br3ClFN/c14-6-1-2-7(9(15)3-6)13(19)8-4-11(17)10(16)5-12(8)18/h1-5,13H,19H2. The van der Waals surface area contributed by atoms with Crippen LogP contribution >= 0.6 is 59.4 Å². The molecule has 2 aromatic carbocycles. The molecule has 0 spiro atoms. The Balaban J connectivity index is 2.49. The predicted molar refractivity (Wildman–Crippen MR) is 87.0 cm³/mol. The van der Waals surface area contributed by atoms with E-state index in [1.54, 1.807) is 6.07 Å². The minimum absolute atomic E-state index is 0.358. The van der Waals surface area contributed by atoms with E-state index in [-0.39, 0.29) is 0 Å². The Kier molecular flexibility index (Phi) is 5.06. The lowest BCUT2D eigenvalue weighted by atomic mass is 9.99. The quantitative estimate of drug-likeness (QED) is 0.549. The molecule has 0 radical (unpaired) electrons. The van der Waals surface area contributed by atoms with Crippen LogP contribution in [0.3, 0.4) is 0 Å². The molecule has 100 valence electrons. The molecule has 1 atom stereocenters. The van der Waals surface area contributed by atoms with Gasteiger partial charge in [0.2, 0.25) is 0 Å². The van der Waals surface area contributed by atoms with Crippen LogP contribution in [0.4, 0.5) is 4.39 Å². The third-order valence-electron chi connectivity index (χ3n) is 2.67. The number of hydrogen-bond donors (Lipinski definition) is 1. The highest BCUT2D eigenvalue weighted by Crippen LogP contribution is 2.34. The van der Waals surface area contributed by atoms with Crippen LogP contribution in [0.1, 0.15) is 17.2 Å². The molecule has 0 aliphatic carbocycles. The summed E-state index contributed by atoms with van der Waals surface area (Å²) in [5.41, 5.74) is 7.28. The number of nitrogens with two attached hydrogens (primary N) is 1. The summed E-state index contributed by atoms with van der Waals surface area (Å²) in [5, 5.41) is 0.431. The van der Waals surface area contributed by atoms with Crippen LogP contribution in [0.25, 0.3) is 0 Å². The van der Waals surface area contributed by atoms with Gasteiger partial charge in [0.1, 0.15) is 5.82 Å². The molecule has 1 nitrogen and oxygen atoms in total. The van der Waals surface area contributed by atoms with Gasteiger partial charge in [-0.2, -0.15) is 0 Å². The number of rotatable bonds is 2. The van der Waals surface area contributed by atoms with Crippen LogP contribution in [0.5, 0.6) is 0 Å². The molecule has 0 saturated heterocycles. The minimum atomic E-state index is -0.590. The van der Waals surface area contributed by atoms with Gasteiger partial charge in [-0.25, -0.2) is 4.39 Å². The first-order valence-corrected chi connectivity index (χ1v) is 8.01. The lowest BCUT2D eigenvalue weighted by Crippen LogP contribution is -2.14. The highest BCUT2D eigenvalue weighted by atomic mass is 79.9. The van der Waals surface area contributed by atoms with Crippen LogP contribution < -0.4 is 5.73 Å². The van der Waals surface area contributed by atoms with E-state index in [1.165, 1.54) is 6.07 Å². The first-order chi connectivity index (χ1) is 8.90. The molecular weight excluding hydrogens is 464 g/mol. The molecule has 19 heavy (non-hydrogen) atoms. The Bertz CT molecular complexity index is 634. The molecular formula is C13H8Br3ClFN. The summed E-state index contributed by atoms with van der Waals surface area (Å²) in [6.45, 7) is 0. The van der Waals surface area contributed by atoms with Crippen LogP contribution in [0, 0.1) is 5.82 Å². The third kappa shape index (κ3) is 3.39. The van der Waals surface area contributed by atoms with Gasteiger partial charge in [0, 0.05) is 19.0 Å². The highest BCUT2D eigenvalue weighted by Gasteiger charge is 2.18. The van der Waals surface area contributed by atoms with Crippen LogP contribution in [0.2, 0.25) is 5.02 Å². The summed E-state index contributed by atoms with van der Waals surface area (Å²) in [7, 11) is 0. The maximum atomic E-state index is 14.0. The fraction of sp³-hybridized carbons (Fsp3) is 0.0769. The maximum absolute atomic E-state index is 14.0. The second kappa shape index (κ2) is 6.22. The fourth-order valence-corrected chi connectivity index (χ4v) is 3.48.